The van der Waals surface area contributed by atoms with Crippen LogP contribution in [0.1, 0.15) is 34.3 Å². The van der Waals surface area contributed by atoms with Crippen molar-refractivity contribution in [3.8, 4) is 11.5 Å². The van der Waals surface area contributed by atoms with Gasteiger partial charge in [-0.1, -0.05) is 66.2 Å². The summed E-state index contributed by atoms with van der Waals surface area (Å²) in [5.41, 5.74) is 3.19. The van der Waals surface area contributed by atoms with Crippen LogP contribution in [0, 0.1) is 12.8 Å². The van der Waals surface area contributed by atoms with Crippen molar-refractivity contribution in [2.24, 2.45) is 5.92 Å². The van der Waals surface area contributed by atoms with Gasteiger partial charge in [-0.2, -0.15) is 0 Å². The van der Waals surface area contributed by atoms with Gasteiger partial charge in [0.05, 0.1) is 13.7 Å². The molecule has 1 aliphatic heterocycles. The molecule has 6 heteroatoms. The monoisotopic (exact) mass is 518 g/mol. The molecule has 1 fully saturated rings. The van der Waals surface area contributed by atoms with E-state index in [0.29, 0.717) is 42.7 Å². The molecule has 1 aliphatic rings. The van der Waals surface area contributed by atoms with E-state index in [9.17, 15) is 4.79 Å². The highest BCUT2D eigenvalue weighted by Gasteiger charge is 2.23. The van der Waals surface area contributed by atoms with Gasteiger partial charge in [0.1, 0.15) is 0 Å². The van der Waals surface area contributed by atoms with Crippen LogP contribution < -0.4 is 14.8 Å². The van der Waals surface area contributed by atoms with Gasteiger partial charge in [0.25, 0.3) is 5.91 Å². The van der Waals surface area contributed by atoms with Crippen LogP contribution in [0.15, 0.2) is 78.9 Å². The maximum Gasteiger partial charge on any atom is 0.254 e. The van der Waals surface area contributed by atoms with E-state index in [2.05, 4.69) is 36.5 Å². The van der Waals surface area contributed by atoms with Crippen LogP contribution in [0.3, 0.4) is 0 Å². The predicted molar refractivity (Wildman–Crippen MR) is 153 cm³/mol. The molecule has 1 atom stereocenters. The Bertz CT molecular complexity index is 1070. The van der Waals surface area contributed by atoms with Crippen LogP contribution in [-0.2, 0) is 11.2 Å². The fraction of sp³-hybridized carbons (Fsp3) is 0.406. The molecule has 1 unspecified atom stereocenters. The minimum absolute atomic E-state index is 0.0345. The van der Waals surface area contributed by atoms with Gasteiger partial charge in [0.2, 0.25) is 0 Å². The van der Waals surface area contributed by atoms with E-state index in [-0.39, 0.29) is 5.91 Å². The van der Waals surface area contributed by atoms with Crippen molar-refractivity contribution >= 4 is 5.91 Å². The normalized spacial score (nSPS) is 14.3. The lowest BCUT2D eigenvalue weighted by Gasteiger charge is -2.26. The van der Waals surface area contributed by atoms with Crippen molar-refractivity contribution in [3.63, 3.8) is 0 Å². The maximum atomic E-state index is 13.5. The number of rotatable bonds is 12. The number of hydrogen-bond donors (Lipinski definition) is 1. The summed E-state index contributed by atoms with van der Waals surface area (Å²) in [6, 6.07) is 26.0. The second-order valence-electron chi connectivity index (χ2n) is 9.56. The number of ether oxygens (including phenoxy) is 3. The second kappa shape index (κ2) is 16.5. The quantitative estimate of drug-likeness (QED) is 0.325. The molecule has 3 aromatic rings. The molecule has 0 aliphatic carbocycles. The Balaban J connectivity index is 0.000000494. The van der Waals surface area contributed by atoms with Gasteiger partial charge in [-0.25, -0.2) is 0 Å². The Kier molecular flexibility index (Phi) is 12.7. The molecule has 6 nitrogen and oxygen atoms in total. The molecule has 0 bridgehead atoms. The van der Waals surface area contributed by atoms with Crippen LogP contribution in [0.4, 0.5) is 0 Å². The van der Waals surface area contributed by atoms with Crippen molar-refractivity contribution in [2.75, 3.05) is 53.6 Å². The molecular weight excluding hydrogens is 476 g/mol. The van der Waals surface area contributed by atoms with Crippen molar-refractivity contribution < 1.29 is 19.0 Å². The lowest BCUT2D eigenvalue weighted by Crippen LogP contribution is -2.37. The van der Waals surface area contributed by atoms with Crippen LogP contribution >= 0.6 is 0 Å². The molecule has 1 saturated heterocycles. The van der Waals surface area contributed by atoms with Crippen molar-refractivity contribution in [1.29, 1.82) is 0 Å². The smallest absolute Gasteiger partial charge is 0.254 e. The van der Waals surface area contributed by atoms with E-state index in [4.69, 9.17) is 14.2 Å². The van der Waals surface area contributed by atoms with E-state index < -0.39 is 0 Å². The average Bonchev–Trinajstić information content (AvgIpc) is 3.47. The molecule has 1 heterocycles. The number of benzene rings is 3. The summed E-state index contributed by atoms with van der Waals surface area (Å²) in [5.74, 6) is 1.75. The summed E-state index contributed by atoms with van der Waals surface area (Å²) in [7, 11) is 3.28. The van der Waals surface area contributed by atoms with E-state index >= 15 is 0 Å². The fourth-order valence-electron chi connectivity index (χ4n) is 4.39. The first-order valence-electron chi connectivity index (χ1n) is 13.5. The SMILES string of the molecule is COCCCOc1cc(C(=O)N(CCc2ccccc2)CC2CCNC2)ccc1OC.Cc1ccccc1. The summed E-state index contributed by atoms with van der Waals surface area (Å²) in [4.78, 5) is 15.5. The number of hydrogen-bond acceptors (Lipinski definition) is 5. The molecule has 0 saturated carbocycles. The number of carbonyl (C=O) groups is 1. The predicted octanol–water partition coefficient (Wildman–Crippen LogP) is 5.40. The molecule has 3 aromatic carbocycles. The summed E-state index contributed by atoms with van der Waals surface area (Å²) < 4.78 is 16.4. The van der Waals surface area contributed by atoms with Crippen LogP contribution in [0.25, 0.3) is 0 Å². The van der Waals surface area contributed by atoms with Gasteiger partial charge in [0.15, 0.2) is 11.5 Å². The largest absolute Gasteiger partial charge is 0.493 e. The minimum atomic E-state index is 0.0345. The minimum Gasteiger partial charge on any atom is -0.493 e. The molecule has 1 amide bonds. The summed E-state index contributed by atoms with van der Waals surface area (Å²) in [5, 5.41) is 3.40. The first-order valence-corrected chi connectivity index (χ1v) is 13.5. The lowest BCUT2D eigenvalue weighted by molar-refractivity contribution is 0.0733. The van der Waals surface area contributed by atoms with Gasteiger partial charge < -0.3 is 24.4 Å². The van der Waals surface area contributed by atoms with Crippen molar-refractivity contribution in [1.82, 2.24) is 10.2 Å². The molecule has 4 rings (SSSR count). The number of nitrogens with one attached hydrogen (secondary N) is 1. The van der Waals surface area contributed by atoms with Crippen molar-refractivity contribution in [3.05, 3.63) is 95.6 Å². The van der Waals surface area contributed by atoms with E-state index in [1.807, 2.05) is 53.4 Å². The third kappa shape index (κ3) is 9.84. The molecule has 0 spiro atoms. The van der Waals surface area contributed by atoms with Gasteiger partial charge in [-0.15, -0.1) is 0 Å². The molecule has 38 heavy (non-hydrogen) atoms. The first-order chi connectivity index (χ1) is 18.6. The first kappa shape index (κ1) is 29.2. The summed E-state index contributed by atoms with van der Waals surface area (Å²) in [6.07, 6.45) is 2.71. The Hall–Kier alpha value is -3.35. The standard InChI is InChI=1S/C25H34N2O4.C7H8/c1-29-15-6-16-31-24-17-22(9-10-23(24)30-2)25(28)27(19-21-11-13-26-18-21)14-12-20-7-4-3-5-8-20;1-7-5-3-2-4-6-7/h3-5,7-10,17,21,26H,6,11-16,18-19H2,1-2H3;2-6H,1H3. The third-order valence-corrected chi connectivity index (χ3v) is 6.54. The Morgan fingerprint density at radius 2 is 1.68 bits per heavy atom. The summed E-state index contributed by atoms with van der Waals surface area (Å²) >= 11 is 0. The Morgan fingerprint density at radius 3 is 2.29 bits per heavy atom. The van der Waals surface area contributed by atoms with Crippen LogP contribution in [0.2, 0.25) is 0 Å². The number of methoxy groups -OCH3 is 2. The zero-order valence-corrected chi connectivity index (χ0v) is 23.0. The van der Waals surface area contributed by atoms with Gasteiger partial charge in [0, 0.05) is 38.8 Å². The molecular formula is C32H42N2O4. The number of aryl methyl sites for hydroxylation is 1. The maximum absolute atomic E-state index is 13.5. The van der Waals surface area contributed by atoms with Gasteiger partial charge in [-0.05, 0) is 62.5 Å². The summed E-state index contributed by atoms with van der Waals surface area (Å²) in [6.45, 7) is 6.65. The molecule has 0 radical (unpaired) electrons. The number of amides is 1. The molecule has 1 N–H and O–H groups in total. The highest BCUT2D eigenvalue weighted by atomic mass is 16.5. The van der Waals surface area contributed by atoms with Crippen molar-refractivity contribution in [2.45, 2.75) is 26.2 Å². The lowest BCUT2D eigenvalue weighted by atomic mass is 10.1. The van der Waals surface area contributed by atoms with E-state index in [0.717, 1.165) is 38.9 Å². The van der Waals surface area contributed by atoms with E-state index in [1.54, 1.807) is 20.3 Å². The van der Waals surface area contributed by atoms with Gasteiger partial charge in [-0.3, -0.25) is 4.79 Å². The van der Waals surface area contributed by atoms with Gasteiger partial charge >= 0.3 is 0 Å². The third-order valence-electron chi connectivity index (χ3n) is 6.54. The highest BCUT2D eigenvalue weighted by Crippen LogP contribution is 2.29. The molecule has 0 aromatic heterocycles. The zero-order valence-electron chi connectivity index (χ0n) is 23.0. The van der Waals surface area contributed by atoms with E-state index in [1.165, 1.54) is 11.1 Å². The topological polar surface area (TPSA) is 60.0 Å². The average molecular weight is 519 g/mol. The zero-order chi connectivity index (χ0) is 27.0. The van der Waals surface area contributed by atoms with Crippen LogP contribution in [0.5, 0.6) is 11.5 Å². The Morgan fingerprint density at radius 1 is 0.947 bits per heavy atom. The fourth-order valence-corrected chi connectivity index (χ4v) is 4.39. The number of nitrogens with zero attached hydrogens (tertiary/aromatic N) is 1. The molecule has 204 valence electrons. The van der Waals surface area contributed by atoms with Crippen LogP contribution in [-0.4, -0.2) is 64.4 Å². The number of carbonyl (C=O) groups excluding carboxylic acids is 1. The second-order valence-corrected chi connectivity index (χ2v) is 9.56. The Labute approximate surface area is 227 Å². The highest BCUT2D eigenvalue weighted by molar-refractivity contribution is 5.95.